The second-order valence-electron chi connectivity index (χ2n) is 8.27. The van der Waals surface area contributed by atoms with E-state index in [-0.39, 0.29) is 16.9 Å². The van der Waals surface area contributed by atoms with Crippen molar-refractivity contribution in [1.29, 1.82) is 0 Å². The van der Waals surface area contributed by atoms with E-state index in [1.54, 1.807) is 0 Å². The van der Waals surface area contributed by atoms with E-state index in [0.29, 0.717) is 26.1 Å². The van der Waals surface area contributed by atoms with E-state index in [1.807, 2.05) is 26.0 Å². The Kier molecular flexibility index (Phi) is 8.17. The average molecular weight is 399 g/mol. The van der Waals surface area contributed by atoms with Crippen molar-refractivity contribution in [1.82, 2.24) is 0 Å². The van der Waals surface area contributed by atoms with Gasteiger partial charge in [0.15, 0.2) is 0 Å². The molecule has 1 unspecified atom stereocenters. The average Bonchev–Trinajstić information content (AvgIpc) is 2.66. The Morgan fingerprint density at radius 3 is 1.89 bits per heavy atom. The van der Waals surface area contributed by atoms with Crippen LogP contribution in [0.3, 0.4) is 0 Å². The van der Waals surface area contributed by atoms with Crippen molar-refractivity contribution < 1.29 is 14.0 Å². The van der Waals surface area contributed by atoms with Crippen LogP contribution in [0.4, 0.5) is 0 Å². The first-order chi connectivity index (χ1) is 13.3. The van der Waals surface area contributed by atoms with E-state index in [1.165, 1.54) is 10.4 Å². The molecule has 0 N–H and O–H groups in total. The van der Waals surface area contributed by atoms with Gasteiger partial charge in [0.2, 0.25) is 0 Å². The minimum Gasteiger partial charge on any atom is -0.407 e. The number of ether oxygens (including phenoxy) is 1. The SMILES string of the molecule is CCOC(C)CC(=O)CCO[Si](c1ccccc1)(c1ccccc1)C(C)(C)C. The van der Waals surface area contributed by atoms with Gasteiger partial charge in [-0.05, 0) is 29.3 Å². The van der Waals surface area contributed by atoms with Gasteiger partial charge in [0.25, 0.3) is 8.32 Å². The van der Waals surface area contributed by atoms with E-state index in [4.69, 9.17) is 9.16 Å². The zero-order valence-electron chi connectivity index (χ0n) is 17.9. The van der Waals surface area contributed by atoms with Gasteiger partial charge in [-0.25, -0.2) is 0 Å². The maximum atomic E-state index is 12.4. The van der Waals surface area contributed by atoms with Gasteiger partial charge < -0.3 is 9.16 Å². The first-order valence-electron chi connectivity index (χ1n) is 10.2. The molecule has 0 aliphatic heterocycles. The Labute approximate surface area is 171 Å². The highest BCUT2D eigenvalue weighted by molar-refractivity contribution is 6.99. The molecule has 4 heteroatoms. The van der Waals surface area contributed by atoms with Crippen LogP contribution < -0.4 is 10.4 Å². The standard InChI is InChI=1S/C24H34O3Si/c1-6-26-20(2)19-21(25)17-18-27-28(24(3,4)5,22-13-9-7-10-14-22)23-15-11-8-12-16-23/h7-16,20H,6,17-19H2,1-5H3. The third-order valence-corrected chi connectivity index (χ3v) is 10.1. The van der Waals surface area contributed by atoms with Gasteiger partial charge in [-0.2, -0.15) is 0 Å². The normalized spacial score (nSPS) is 13.3. The number of carbonyl (C=O) groups is 1. The largest absolute Gasteiger partial charge is 0.407 e. The van der Waals surface area contributed by atoms with E-state index in [2.05, 4.69) is 69.3 Å². The molecular weight excluding hydrogens is 364 g/mol. The molecule has 28 heavy (non-hydrogen) atoms. The lowest BCUT2D eigenvalue weighted by molar-refractivity contribution is -0.122. The fraction of sp³-hybridized carbons (Fsp3) is 0.458. The van der Waals surface area contributed by atoms with Crippen LogP contribution in [-0.4, -0.2) is 33.4 Å². The van der Waals surface area contributed by atoms with E-state index < -0.39 is 8.32 Å². The van der Waals surface area contributed by atoms with Crippen molar-refractivity contribution in [3.8, 4) is 0 Å². The summed E-state index contributed by atoms with van der Waals surface area (Å²) < 4.78 is 12.3. The summed E-state index contributed by atoms with van der Waals surface area (Å²) in [5.41, 5.74) is 0. The van der Waals surface area contributed by atoms with Crippen molar-refractivity contribution in [2.75, 3.05) is 13.2 Å². The van der Waals surface area contributed by atoms with Gasteiger partial charge in [-0.3, -0.25) is 4.79 Å². The molecule has 0 aromatic heterocycles. The second-order valence-corrected chi connectivity index (χ2v) is 12.6. The maximum Gasteiger partial charge on any atom is 0.261 e. The van der Waals surface area contributed by atoms with Gasteiger partial charge in [0.05, 0.1) is 6.10 Å². The third-order valence-electron chi connectivity index (χ3n) is 5.08. The summed E-state index contributed by atoms with van der Waals surface area (Å²) >= 11 is 0. The Hall–Kier alpha value is -1.75. The minimum atomic E-state index is -2.55. The van der Waals surface area contributed by atoms with Gasteiger partial charge >= 0.3 is 0 Å². The van der Waals surface area contributed by atoms with Gasteiger partial charge in [0, 0.05) is 26.1 Å². The number of Topliss-reactive ketones (excluding diaryl/α,β-unsaturated/α-hetero) is 1. The molecule has 152 valence electrons. The molecule has 0 bridgehead atoms. The third kappa shape index (κ3) is 5.40. The van der Waals surface area contributed by atoms with Crippen LogP contribution in [0.2, 0.25) is 5.04 Å². The lowest BCUT2D eigenvalue weighted by Gasteiger charge is -2.43. The zero-order valence-corrected chi connectivity index (χ0v) is 18.9. The molecule has 0 radical (unpaired) electrons. The minimum absolute atomic E-state index is 0.0367. The summed E-state index contributed by atoms with van der Waals surface area (Å²) in [5.74, 6) is 0.193. The van der Waals surface area contributed by atoms with Crippen LogP contribution in [0.15, 0.2) is 60.7 Å². The van der Waals surface area contributed by atoms with Crippen LogP contribution >= 0.6 is 0 Å². The number of benzene rings is 2. The Balaban J connectivity index is 2.28. The van der Waals surface area contributed by atoms with Crippen molar-refractivity contribution in [2.24, 2.45) is 0 Å². The summed E-state index contributed by atoms with van der Waals surface area (Å²) in [5, 5.41) is 2.41. The quantitative estimate of drug-likeness (QED) is 0.559. The second kappa shape index (κ2) is 10.1. The molecule has 0 aliphatic rings. The maximum absolute atomic E-state index is 12.4. The highest BCUT2D eigenvalue weighted by Gasteiger charge is 2.50. The summed E-state index contributed by atoms with van der Waals surface area (Å²) in [6.07, 6.45) is 0.824. The number of ketones is 1. The lowest BCUT2D eigenvalue weighted by Crippen LogP contribution is -2.66. The van der Waals surface area contributed by atoms with Crippen LogP contribution in [0.5, 0.6) is 0 Å². The monoisotopic (exact) mass is 398 g/mol. The molecule has 0 amide bonds. The highest BCUT2D eigenvalue weighted by Crippen LogP contribution is 2.36. The van der Waals surface area contributed by atoms with Crippen molar-refractivity contribution in [2.45, 2.75) is 58.6 Å². The molecule has 2 aromatic rings. The summed E-state index contributed by atoms with van der Waals surface area (Å²) in [4.78, 5) is 12.4. The molecule has 0 heterocycles. The zero-order chi connectivity index (χ0) is 20.6. The first kappa shape index (κ1) is 22.5. The Bertz CT molecular complexity index is 683. The molecule has 0 saturated carbocycles. The molecule has 0 aliphatic carbocycles. The van der Waals surface area contributed by atoms with Crippen molar-refractivity contribution >= 4 is 24.5 Å². The van der Waals surface area contributed by atoms with Crippen LogP contribution in [-0.2, 0) is 14.0 Å². The van der Waals surface area contributed by atoms with Gasteiger partial charge in [-0.1, -0.05) is 81.4 Å². The van der Waals surface area contributed by atoms with E-state index >= 15 is 0 Å². The summed E-state index contributed by atoms with van der Waals surface area (Å²) in [6.45, 7) is 11.7. The molecule has 2 rings (SSSR count). The molecule has 0 fully saturated rings. The van der Waals surface area contributed by atoms with Gasteiger partial charge in [-0.15, -0.1) is 0 Å². The predicted molar refractivity (Wildman–Crippen MR) is 119 cm³/mol. The molecule has 2 aromatic carbocycles. The number of hydrogen-bond acceptors (Lipinski definition) is 3. The fourth-order valence-corrected chi connectivity index (χ4v) is 8.41. The lowest BCUT2D eigenvalue weighted by atomic mass is 10.1. The van der Waals surface area contributed by atoms with E-state index in [0.717, 1.165) is 0 Å². The van der Waals surface area contributed by atoms with E-state index in [9.17, 15) is 4.79 Å². The number of carbonyl (C=O) groups excluding carboxylic acids is 1. The number of hydrogen-bond donors (Lipinski definition) is 0. The molecular formula is C24H34O3Si. The topological polar surface area (TPSA) is 35.5 Å². The summed E-state index contributed by atoms with van der Waals surface area (Å²) in [6, 6.07) is 21.0. The Morgan fingerprint density at radius 1 is 0.964 bits per heavy atom. The number of rotatable bonds is 10. The fourth-order valence-electron chi connectivity index (χ4n) is 3.85. The highest BCUT2D eigenvalue weighted by atomic mass is 28.4. The molecule has 0 spiro atoms. The van der Waals surface area contributed by atoms with Crippen molar-refractivity contribution in [3.63, 3.8) is 0 Å². The smallest absolute Gasteiger partial charge is 0.261 e. The Morgan fingerprint density at radius 2 is 1.46 bits per heavy atom. The molecule has 3 nitrogen and oxygen atoms in total. The summed E-state index contributed by atoms with van der Waals surface area (Å²) in [7, 11) is -2.55. The van der Waals surface area contributed by atoms with Crippen LogP contribution in [0.1, 0.15) is 47.5 Å². The van der Waals surface area contributed by atoms with Gasteiger partial charge in [0.1, 0.15) is 5.78 Å². The first-order valence-corrected chi connectivity index (χ1v) is 12.1. The molecule has 1 atom stereocenters. The van der Waals surface area contributed by atoms with Crippen LogP contribution in [0, 0.1) is 0 Å². The van der Waals surface area contributed by atoms with Crippen molar-refractivity contribution in [3.05, 3.63) is 60.7 Å². The molecule has 0 saturated heterocycles. The predicted octanol–water partition coefficient (Wildman–Crippen LogP) is 4.34. The van der Waals surface area contributed by atoms with Crippen LogP contribution in [0.25, 0.3) is 0 Å².